The number of anilines is 2. The van der Waals surface area contributed by atoms with E-state index >= 15 is 0 Å². The highest BCUT2D eigenvalue weighted by atomic mass is 15.3. The average Bonchev–Trinajstić information content (AvgIpc) is 3.09. The van der Waals surface area contributed by atoms with Gasteiger partial charge in [-0.05, 0) is 18.6 Å². The first kappa shape index (κ1) is 14.0. The zero-order valence-corrected chi connectivity index (χ0v) is 13.2. The van der Waals surface area contributed by atoms with Gasteiger partial charge in [-0.2, -0.15) is 5.10 Å². The maximum absolute atomic E-state index is 4.66. The van der Waals surface area contributed by atoms with Gasteiger partial charge in [0.2, 0.25) is 5.95 Å². The number of piperazine rings is 1. The lowest BCUT2D eigenvalue weighted by Crippen LogP contribution is -2.53. The van der Waals surface area contributed by atoms with E-state index in [0.29, 0.717) is 6.04 Å². The standard InChI is InChI=1S/C17H20N6/c1-2-13-12-22(14-6-4-3-5-7-14)8-9-23(13)17-18-10-16-15(20-17)11-19-21-16/h3-7,10-11,13H,2,8-9,12H2,1H3,(H,19,21). The molecular weight excluding hydrogens is 288 g/mol. The average molecular weight is 308 g/mol. The van der Waals surface area contributed by atoms with Gasteiger partial charge in [0, 0.05) is 31.4 Å². The Morgan fingerprint density at radius 3 is 2.87 bits per heavy atom. The number of fused-ring (bicyclic) bond motifs is 1. The summed E-state index contributed by atoms with van der Waals surface area (Å²) in [5.41, 5.74) is 3.04. The van der Waals surface area contributed by atoms with Crippen molar-refractivity contribution >= 4 is 22.7 Å². The minimum absolute atomic E-state index is 0.410. The Morgan fingerprint density at radius 1 is 1.17 bits per heavy atom. The van der Waals surface area contributed by atoms with Crippen molar-refractivity contribution in [3.8, 4) is 0 Å². The number of H-pyrrole nitrogens is 1. The van der Waals surface area contributed by atoms with Gasteiger partial charge < -0.3 is 9.80 Å². The number of aromatic amines is 1. The van der Waals surface area contributed by atoms with Crippen LogP contribution in [0.3, 0.4) is 0 Å². The third-order valence-corrected chi connectivity index (χ3v) is 4.51. The molecule has 6 heteroatoms. The summed E-state index contributed by atoms with van der Waals surface area (Å²) in [4.78, 5) is 14.0. The lowest BCUT2D eigenvalue weighted by Gasteiger charge is -2.42. The van der Waals surface area contributed by atoms with Crippen LogP contribution in [-0.2, 0) is 0 Å². The zero-order valence-electron chi connectivity index (χ0n) is 13.2. The van der Waals surface area contributed by atoms with Gasteiger partial charge >= 0.3 is 0 Å². The third-order valence-electron chi connectivity index (χ3n) is 4.51. The molecule has 23 heavy (non-hydrogen) atoms. The quantitative estimate of drug-likeness (QED) is 0.805. The number of rotatable bonds is 3. The van der Waals surface area contributed by atoms with Crippen LogP contribution in [0.15, 0.2) is 42.7 Å². The van der Waals surface area contributed by atoms with Crippen LogP contribution < -0.4 is 9.80 Å². The predicted molar refractivity (Wildman–Crippen MR) is 91.8 cm³/mol. The van der Waals surface area contributed by atoms with E-state index in [1.54, 1.807) is 6.20 Å². The van der Waals surface area contributed by atoms with Crippen LogP contribution in [0.4, 0.5) is 11.6 Å². The highest BCUT2D eigenvalue weighted by Crippen LogP contribution is 2.24. The molecule has 3 heterocycles. The minimum Gasteiger partial charge on any atom is -0.368 e. The molecule has 1 aromatic carbocycles. The van der Waals surface area contributed by atoms with Crippen molar-refractivity contribution in [2.45, 2.75) is 19.4 Å². The van der Waals surface area contributed by atoms with Crippen molar-refractivity contribution in [2.24, 2.45) is 0 Å². The molecule has 1 aliphatic heterocycles. The maximum atomic E-state index is 4.66. The molecule has 1 fully saturated rings. The van der Waals surface area contributed by atoms with Crippen molar-refractivity contribution < 1.29 is 0 Å². The second kappa shape index (κ2) is 5.87. The van der Waals surface area contributed by atoms with E-state index in [-0.39, 0.29) is 0 Å². The van der Waals surface area contributed by atoms with E-state index < -0.39 is 0 Å². The molecule has 0 radical (unpaired) electrons. The molecular formula is C17H20N6. The fourth-order valence-electron chi connectivity index (χ4n) is 3.21. The molecule has 0 saturated carbocycles. The molecule has 4 rings (SSSR count). The number of hydrogen-bond acceptors (Lipinski definition) is 5. The van der Waals surface area contributed by atoms with Crippen LogP contribution >= 0.6 is 0 Å². The smallest absolute Gasteiger partial charge is 0.226 e. The summed E-state index contributed by atoms with van der Waals surface area (Å²) in [6.07, 6.45) is 4.64. The fourth-order valence-corrected chi connectivity index (χ4v) is 3.21. The predicted octanol–water partition coefficient (Wildman–Crippen LogP) is 2.46. The maximum Gasteiger partial charge on any atom is 0.226 e. The monoisotopic (exact) mass is 308 g/mol. The largest absolute Gasteiger partial charge is 0.368 e. The van der Waals surface area contributed by atoms with Gasteiger partial charge in [0.15, 0.2) is 0 Å². The summed E-state index contributed by atoms with van der Waals surface area (Å²) in [6, 6.07) is 11.0. The number of para-hydroxylation sites is 1. The molecule has 1 saturated heterocycles. The van der Waals surface area contributed by atoms with Crippen molar-refractivity contribution in [1.29, 1.82) is 0 Å². The molecule has 1 N–H and O–H groups in total. The molecule has 1 atom stereocenters. The third kappa shape index (κ3) is 2.60. The molecule has 6 nitrogen and oxygen atoms in total. The van der Waals surface area contributed by atoms with E-state index in [4.69, 9.17) is 0 Å². The summed E-state index contributed by atoms with van der Waals surface area (Å²) >= 11 is 0. The Hall–Kier alpha value is -2.63. The molecule has 118 valence electrons. The Balaban J connectivity index is 1.58. The molecule has 1 aliphatic rings. The van der Waals surface area contributed by atoms with Gasteiger partial charge in [-0.15, -0.1) is 0 Å². The first-order valence-corrected chi connectivity index (χ1v) is 8.08. The van der Waals surface area contributed by atoms with E-state index in [2.05, 4.69) is 67.2 Å². The van der Waals surface area contributed by atoms with Gasteiger partial charge in [0.1, 0.15) is 11.0 Å². The van der Waals surface area contributed by atoms with Gasteiger partial charge in [-0.3, -0.25) is 5.10 Å². The second-order valence-electron chi connectivity index (χ2n) is 5.88. The topological polar surface area (TPSA) is 60.9 Å². The Bertz CT molecular complexity index is 784. The minimum atomic E-state index is 0.410. The lowest BCUT2D eigenvalue weighted by molar-refractivity contribution is 0.501. The first-order valence-electron chi connectivity index (χ1n) is 8.08. The van der Waals surface area contributed by atoms with E-state index in [0.717, 1.165) is 43.0 Å². The highest BCUT2D eigenvalue weighted by molar-refractivity contribution is 5.73. The molecule has 1 unspecified atom stereocenters. The lowest BCUT2D eigenvalue weighted by atomic mass is 10.1. The van der Waals surface area contributed by atoms with E-state index in [1.807, 2.05) is 6.20 Å². The number of nitrogens with zero attached hydrogens (tertiary/aromatic N) is 5. The van der Waals surface area contributed by atoms with Crippen LogP contribution in [0.1, 0.15) is 13.3 Å². The number of hydrogen-bond donors (Lipinski definition) is 1. The zero-order chi connectivity index (χ0) is 15.6. The van der Waals surface area contributed by atoms with Gasteiger partial charge in [-0.25, -0.2) is 9.97 Å². The van der Waals surface area contributed by atoms with Gasteiger partial charge in [-0.1, -0.05) is 25.1 Å². The number of benzene rings is 1. The van der Waals surface area contributed by atoms with Crippen LogP contribution in [0.5, 0.6) is 0 Å². The van der Waals surface area contributed by atoms with Crippen LogP contribution in [0.25, 0.3) is 11.0 Å². The summed E-state index contributed by atoms with van der Waals surface area (Å²) < 4.78 is 0. The summed E-state index contributed by atoms with van der Waals surface area (Å²) in [6.45, 7) is 5.12. The molecule has 0 amide bonds. The summed E-state index contributed by atoms with van der Waals surface area (Å²) in [7, 11) is 0. The fraction of sp³-hybridized carbons (Fsp3) is 0.353. The van der Waals surface area contributed by atoms with E-state index in [1.165, 1.54) is 5.69 Å². The second-order valence-corrected chi connectivity index (χ2v) is 5.88. The van der Waals surface area contributed by atoms with Crippen molar-refractivity contribution in [3.05, 3.63) is 42.7 Å². The van der Waals surface area contributed by atoms with Gasteiger partial charge in [0.05, 0.1) is 12.4 Å². The summed E-state index contributed by atoms with van der Waals surface area (Å²) in [5.74, 6) is 0.804. The van der Waals surface area contributed by atoms with Crippen molar-refractivity contribution in [1.82, 2.24) is 20.2 Å². The van der Waals surface area contributed by atoms with Crippen molar-refractivity contribution in [3.63, 3.8) is 0 Å². The van der Waals surface area contributed by atoms with Crippen LogP contribution in [0, 0.1) is 0 Å². The molecule has 0 aliphatic carbocycles. The number of aromatic nitrogens is 4. The Labute approximate surface area is 135 Å². The van der Waals surface area contributed by atoms with Crippen molar-refractivity contribution in [2.75, 3.05) is 29.4 Å². The van der Waals surface area contributed by atoms with E-state index in [9.17, 15) is 0 Å². The SMILES string of the molecule is CCC1CN(c2ccccc2)CCN1c1ncc2[nH]ncc2n1. The summed E-state index contributed by atoms with van der Waals surface area (Å²) in [5, 5.41) is 6.93. The molecule has 0 bridgehead atoms. The molecule has 0 spiro atoms. The Kier molecular flexibility index (Phi) is 3.57. The van der Waals surface area contributed by atoms with Crippen LogP contribution in [0.2, 0.25) is 0 Å². The van der Waals surface area contributed by atoms with Crippen LogP contribution in [-0.4, -0.2) is 45.8 Å². The highest BCUT2D eigenvalue weighted by Gasteiger charge is 2.27. The molecule has 2 aromatic heterocycles. The number of nitrogens with one attached hydrogen (secondary N) is 1. The Morgan fingerprint density at radius 2 is 2.04 bits per heavy atom. The van der Waals surface area contributed by atoms with Gasteiger partial charge in [0.25, 0.3) is 0 Å². The molecule has 3 aromatic rings. The normalized spacial score (nSPS) is 18.6. The first-order chi connectivity index (χ1) is 11.3.